The summed E-state index contributed by atoms with van der Waals surface area (Å²) in [5, 5.41) is 8.80. The monoisotopic (exact) mass is 486 g/mol. The largest absolute Gasteiger partial charge is 0.463 e. The van der Waals surface area contributed by atoms with Crippen molar-refractivity contribution in [1.29, 1.82) is 0 Å². The predicted molar refractivity (Wildman–Crippen MR) is 113 cm³/mol. The first-order chi connectivity index (χ1) is 15.0. The van der Waals surface area contributed by atoms with Crippen molar-refractivity contribution in [3.05, 3.63) is 70.5 Å². The van der Waals surface area contributed by atoms with Crippen LogP contribution >= 0.6 is 15.9 Å². The highest BCUT2D eigenvalue weighted by molar-refractivity contribution is 9.10. The second-order valence-corrected chi connectivity index (χ2v) is 8.43. The van der Waals surface area contributed by atoms with Gasteiger partial charge in [0, 0.05) is 22.9 Å². The third-order valence-electron chi connectivity index (χ3n) is 5.55. The molecular formula is C22H17BrF2N4O2. The Labute approximate surface area is 184 Å². The van der Waals surface area contributed by atoms with Crippen LogP contribution in [0.15, 0.2) is 57.7 Å². The molecule has 0 bridgehead atoms. The van der Waals surface area contributed by atoms with Crippen LogP contribution in [0.2, 0.25) is 0 Å². The van der Waals surface area contributed by atoms with Crippen LogP contribution in [-0.2, 0) is 0 Å². The van der Waals surface area contributed by atoms with E-state index in [0.29, 0.717) is 24.2 Å². The first-order valence-corrected chi connectivity index (χ1v) is 10.6. The fraction of sp³-hybridized carbons (Fsp3) is 0.227. The lowest BCUT2D eigenvalue weighted by atomic mass is 10.0. The Morgan fingerprint density at radius 2 is 2.00 bits per heavy atom. The van der Waals surface area contributed by atoms with E-state index in [9.17, 15) is 13.6 Å². The second kappa shape index (κ2) is 7.88. The first-order valence-electron chi connectivity index (χ1n) is 9.83. The standard InChI is InChI=1S/C22H17BrF2N4O2/c23-13-6-7-20-15(9-13)16(12-31-20)22(30)28-8-2-3-14(10-28)29-11-19(26-27-29)21-17(24)4-1-5-18(21)25/h1,4-7,9,11-12,14H,2-3,8,10H2. The fourth-order valence-corrected chi connectivity index (χ4v) is 4.37. The van der Waals surface area contributed by atoms with Crippen molar-refractivity contribution in [1.82, 2.24) is 19.9 Å². The van der Waals surface area contributed by atoms with Crippen molar-refractivity contribution in [2.24, 2.45) is 0 Å². The zero-order valence-corrected chi connectivity index (χ0v) is 17.8. The summed E-state index contributed by atoms with van der Waals surface area (Å²) in [6.45, 7) is 1.03. The van der Waals surface area contributed by atoms with Crippen LogP contribution in [0.25, 0.3) is 22.2 Å². The van der Waals surface area contributed by atoms with Crippen LogP contribution in [0.4, 0.5) is 8.78 Å². The van der Waals surface area contributed by atoms with E-state index < -0.39 is 11.6 Å². The number of nitrogens with zero attached hydrogens (tertiary/aromatic N) is 4. The van der Waals surface area contributed by atoms with Gasteiger partial charge in [0.2, 0.25) is 0 Å². The molecule has 0 radical (unpaired) electrons. The molecule has 1 fully saturated rings. The molecule has 1 atom stereocenters. The minimum Gasteiger partial charge on any atom is -0.463 e. The van der Waals surface area contributed by atoms with Gasteiger partial charge in [0.15, 0.2) is 0 Å². The van der Waals surface area contributed by atoms with E-state index in [2.05, 4.69) is 26.2 Å². The number of hydrogen-bond acceptors (Lipinski definition) is 4. The number of benzene rings is 2. The molecule has 2 aromatic carbocycles. The molecule has 1 amide bonds. The van der Waals surface area contributed by atoms with Gasteiger partial charge < -0.3 is 9.32 Å². The highest BCUT2D eigenvalue weighted by Gasteiger charge is 2.28. The Kier molecular flexibility index (Phi) is 5.05. The van der Waals surface area contributed by atoms with Gasteiger partial charge >= 0.3 is 0 Å². The second-order valence-electron chi connectivity index (χ2n) is 7.52. The number of piperidine rings is 1. The summed E-state index contributed by atoms with van der Waals surface area (Å²) in [7, 11) is 0. The molecule has 1 saturated heterocycles. The number of carbonyl (C=O) groups excluding carboxylic acids is 1. The van der Waals surface area contributed by atoms with Gasteiger partial charge in [-0.1, -0.05) is 27.2 Å². The summed E-state index contributed by atoms with van der Waals surface area (Å²) in [6.07, 6.45) is 4.57. The summed E-state index contributed by atoms with van der Waals surface area (Å²) in [5.74, 6) is -1.50. The van der Waals surface area contributed by atoms with E-state index in [0.717, 1.165) is 22.7 Å². The van der Waals surface area contributed by atoms with Crippen LogP contribution in [0, 0.1) is 11.6 Å². The number of amides is 1. The lowest BCUT2D eigenvalue weighted by Gasteiger charge is -2.32. The van der Waals surface area contributed by atoms with Gasteiger partial charge in [0.25, 0.3) is 5.91 Å². The molecule has 0 saturated carbocycles. The molecule has 0 N–H and O–H groups in total. The van der Waals surface area contributed by atoms with E-state index in [1.54, 1.807) is 9.58 Å². The van der Waals surface area contributed by atoms with Gasteiger partial charge in [0.05, 0.1) is 23.4 Å². The predicted octanol–water partition coefficient (Wildman–Crippen LogP) is 5.21. The molecule has 1 aliphatic rings. The van der Waals surface area contributed by atoms with Gasteiger partial charge in [-0.2, -0.15) is 0 Å². The molecule has 3 heterocycles. The van der Waals surface area contributed by atoms with Crippen LogP contribution in [0.1, 0.15) is 29.2 Å². The molecule has 5 rings (SSSR count). The number of fused-ring (bicyclic) bond motifs is 1. The van der Waals surface area contributed by atoms with Gasteiger partial charge in [-0.25, -0.2) is 13.5 Å². The maximum atomic E-state index is 14.1. The molecule has 9 heteroatoms. The van der Waals surface area contributed by atoms with Crippen LogP contribution in [0.3, 0.4) is 0 Å². The van der Waals surface area contributed by atoms with Crippen LogP contribution < -0.4 is 0 Å². The lowest BCUT2D eigenvalue weighted by molar-refractivity contribution is 0.0673. The molecule has 6 nitrogen and oxygen atoms in total. The third kappa shape index (κ3) is 3.63. The molecule has 1 aliphatic heterocycles. The summed E-state index contributed by atoms with van der Waals surface area (Å²) >= 11 is 3.43. The Hall–Kier alpha value is -3.07. The number of halogens is 3. The smallest absolute Gasteiger partial charge is 0.257 e. The van der Waals surface area contributed by atoms with Gasteiger partial charge in [-0.3, -0.25) is 4.79 Å². The van der Waals surface area contributed by atoms with Crippen molar-refractivity contribution in [3.63, 3.8) is 0 Å². The Bertz CT molecular complexity index is 1270. The zero-order valence-electron chi connectivity index (χ0n) is 16.3. The van der Waals surface area contributed by atoms with E-state index in [-0.39, 0.29) is 23.2 Å². The molecular weight excluding hydrogens is 470 g/mol. The zero-order chi connectivity index (χ0) is 21.5. The summed E-state index contributed by atoms with van der Waals surface area (Å²) in [4.78, 5) is 14.9. The number of rotatable bonds is 3. The molecule has 158 valence electrons. The van der Waals surface area contributed by atoms with E-state index >= 15 is 0 Å². The highest BCUT2D eigenvalue weighted by atomic mass is 79.9. The van der Waals surface area contributed by atoms with Gasteiger partial charge in [-0.05, 0) is 43.2 Å². The van der Waals surface area contributed by atoms with Gasteiger partial charge in [0.1, 0.15) is 29.2 Å². The molecule has 1 unspecified atom stereocenters. The molecule has 0 spiro atoms. The van der Waals surface area contributed by atoms with Gasteiger partial charge in [-0.15, -0.1) is 5.10 Å². The minimum absolute atomic E-state index is 0.123. The summed E-state index contributed by atoms with van der Waals surface area (Å²) in [6, 6.07) is 9.07. The van der Waals surface area contributed by atoms with Crippen LogP contribution in [0.5, 0.6) is 0 Å². The minimum atomic E-state index is -0.689. The van der Waals surface area contributed by atoms with Crippen molar-refractivity contribution in [2.45, 2.75) is 18.9 Å². The lowest BCUT2D eigenvalue weighted by Crippen LogP contribution is -2.40. The van der Waals surface area contributed by atoms with E-state index in [1.807, 2.05) is 18.2 Å². The van der Waals surface area contributed by atoms with E-state index in [1.165, 1.54) is 30.7 Å². The van der Waals surface area contributed by atoms with E-state index in [4.69, 9.17) is 4.42 Å². The molecule has 31 heavy (non-hydrogen) atoms. The third-order valence-corrected chi connectivity index (χ3v) is 6.05. The topological polar surface area (TPSA) is 64.2 Å². The SMILES string of the molecule is O=C(c1coc2ccc(Br)cc12)N1CCCC(n2cc(-c3c(F)cccc3F)nn2)C1. The number of likely N-dealkylation sites (tertiary alicyclic amines) is 1. The van der Waals surface area contributed by atoms with Crippen molar-refractivity contribution in [3.8, 4) is 11.3 Å². The maximum Gasteiger partial charge on any atom is 0.257 e. The number of hydrogen-bond donors (Lipinski definition) is 0. The van der Waals surface area contributed by atoms with Crippen molar-refractivity contribution in [2.75, 3.05) is 13.1 Å². The summed E-state index contributed by atoms with van der Waals surface area (Å²) in [5.41, 5.74) is 1.08. The average Bonchev–Trinajstić information content (AvgIpc) is 3.40. The molecule has 2 aromatic heterocycles. The maximum absolute atomic E-state index is 14.1. The first kappa shape index (κ1) is 19.9. The quantitative estimate of drug-likeness (QED) is 0.398. The Morgan fingerprint density at radius 3 is 2.81 bits per heavy atom. The number of carbonyl (C=O) groups is 1. The fourth-order valence-electron chi connectivity index (χ4n) is 4.00. The van der Waals surface area contributed by atoms with Crippen molar-refractivity contribution >= 4 is 32.8 Å². The molecule has 4 aromatic rings. The highest BCUT2D eigenvalue weighted by Crippen LogP contribution is 2.30. The average molecular weight is 487 g/mol. The van der Waals surface area contributed by atoms with Crippen molar-refractivity contribution < 1.29 is 18.0 Å². The normalized spacial score (nSPS) is 16.7. The Morgan fingerprint density at radius 1 is 1.19 bits per heavy atom. The number of furan rings is 1. The molecule has 0 aliphatic carbocycles. The Balaban J connectivity index is 1.39. The van der Waals surface area contributed by atoms with Crippen LogP contribution in [-0.4, -0.2) is 38.9 Å². The number of aromatic nitrogens is 3. The summed E-state index contributed by atoms with van der Waals surface area (Å²) < 4.78 is 36.2.